The quantitative estimate of drug-likeness (QED) is 0.938. The highest BCUT2D eigenvalue weighted by Gasteiger charge is 2.33. The lowest BCUT2D eigenvalue weighted by molar-refractivity contribution is -0.138. The highest BCUT2D eigenvalue weighted by molar-refractivity contribution is 7.09. The van der Waals surface area contributed by atoms with E-state index in [1.807, 2.05) is 6.92 Å². The van der Waals surface area contributed by atoms with Gasteiger partial charge in [-0.2, -0.15) is 13.2 Å². The van der Waals surface area contributed by atoms with E-state index in [2.05, 4.69) is 4.98 Å². The van der Waals surface area contributed by atoms with Crippen molar-refractivity contribution in [3.63, 3.8) is 0 Å². The molecule has 1 aromatic heterocycles. The first-order chi connectivity index (χ1) is 9.82. The molecule has 1 heterocycles. The maximum Gasteiger partial charge on any atom is 0.416 e. The van der Waals surface area contributed by atoms with Crippen molar-refractivity contribution < 1.29 is 13.2 Å². The average Bonchev–Trinajstić information content (AvgIpc) is 2.82. The molecule has 0 unspecified atom stereocenters. The van der Waals surface area contributed by atoms with Crippen LogP contribution in [0.4, 0.5) is 18.9 Å². The largest absolute Gasteiger partial charge is 0.416 e. The van der Waals surface area contributed by atoms with Gasteiger partial charge in [-0.05, 0) is 24.6 Å². The predicted molar refractivity (Wildman–Crippen MR) is 78.3 cm³/mol. The number of thiazole rings is 1. The number of aromatic nitrogens is 1. The highest BCUT2D eigenvalue weighted by atomic mass is 32.1. The maximum absolute atomic E-state index is 13.0. The molecule has 0 spiro atoms. The van der Waals surface area contributed by atoms with Crippen LogP contribution < -0.4 is 10.6 Å². The molecule has 7 heteroatoms. The third-order valence-electron chi connectivity index (χ3n) is 3.29. The van der Waals surface area contributed by atoms with Crippen LogP contribution >= 0.6 is 11.3 Å². The summed E-state index contributed by atoms with van der Waals surface area (Å²) in [5, 5.41) is 0. The molecule has 3 nitrogen and oxygen atoms in total. The van der Waals surface area contributed by atoms with Crippen LogP contribution in [-0.4, -0.2) is 12.0 Å². The Labute approximate surface area is 125 Å². The van der Waals surface area contributed by atoms with E-state index < -0.39 is 11.7 Å². The predicted octanol–water partition coefficient (Wildman–Crippen LogP) is 3.57. The van der Waals surface area contributed by atoms with Crippen LogP contribution in [0.3, 0.4) is 0 Å². The molecular weight excluding hydrogens is 299 g/mol. The monoisotopic (exact) mass is 315 g/mol. The molecule has 21 heavy (non-hydrogen) atoms. The summed E-state index contributed by atoms with van der Waals surface area (Å²) in [6.07, 6.45) is -4.40. The van der Waals surface area contributed by atoms with Crippen LogP contribution in [0.2, 0.25) is 0 Å². The number of aryl methyl sites for hydroxylation is 1. The molecule has 1 aromatic carbocycles. The first-order valence-corrected chi connectivity index (χ1v) is 7.21. The third-order valence-corrected chi connectivity index (χ3v) is 4.21. The van der Waals surface area contributed by atoms with Gasteiger partial charge in [-0.25, -0.2) is 4.98 Å². The zero-order valence-corrected chi connectivity index (χ0v) is 12.6. The molecule has 0 atom stereocenters. The molecule has 0 aliphatic rings. The Morgan fingerprint density at radius 3 is 2.57 bits per heavy atom. The molecule has 0 bridgehead atoms. The minimum atomic E-state index is -4.40. The number of alkyl halides is 3. The number of anilines is 1. The zero-order chi connectivity index (χ0) is 15.6. The highest BCUT2D eigenvalue weighted by Crippen LogP contribution is 2.34. The van der Waals surface area contributed by atoms with Gasteiger partial charge < -0.3 is 10.6 Å². The Hall–Kier alpha value is -1.60. The van der Waals surface area contributed by atoms with Crippen LogP contribution in [0, 0.1) is 6.92 Å². The van der Waals surface area contributed by atoms with E-state index in [9.17, 15) is 13.2 Å². The molecule has 2 rings (SSSR count). The van der Waals surface area contributed by atoms with Gasteiger partial charge in [0.1, 0.15) is 0 Å². The number of hydrogen-bond acceptors (Lipinski definition) is 4. The zero-order valence-electron chi connectivity index (χ0n) is 11.7. The molecule has 0 radical (unpaired) electrons. The number of hydrogen-bond donors (Lipinski definition) is 1. The standard InChI is InChI=1S/C14H16F3N3S/c1-9-13(21-8-19-9)7-20(2)11-4-3-10(6-18)12(5-11)14(15,16)17/h3-5,8H,6-7,18H2,1-2H3. The Bertz CT molecular complexity index is 622. The number of halogens is 3. The van der Waals surface area contributed by atoms with Gasteiger partial charge in [0.2, 0.25) is 0 Å². The van der Waals surface area contributed by atoms with E-state index in [0.29, 0.717) is 12.2 Å². The Kier molecular flexibility index (Phi) is 4.53. The van der Waals surface area contributed by atoms with Crippen LogP contribution in [0.1, 0.15) is 21.7 Å². The number of benzene rings is 1. The number of nitrogens with zero attached hydrogens (tertiary/aromatic N) is 2. The Morgan fingerprint density at radius 2 is 2.05 bits per heavy atom. The average molecular weight is 315 g/mol. The van der Waals surface area contributed by atoms with E-state index in [4.69, 9.17) is 5.73 Å². The maximum atomic E-state index is 13.0. The van der Waals surface area contributed by atoms with E-state index >= 15 is 0 Å². The van der Waals surface area contributed by atoms with Crippen molar-refractivity contribution in [2.75, 3.05) is 11.9 Å². The summed E-state index contributed by atoms with van der Waals surface area (Å²) >= 11 is 1.49. The summed E-state index contributed by atoms with van der Waals surface area (Å²) in [6.45, 7) is 2.28. The smallest absolute Gasteiger partial charge is 0.369 e. The van der Waals surface area contributed by atoms with E-state index in [0.717, 1.165) is 16.6 Å². The van der Waals surface area contributed by atoms with Gasteiger partial charge in [0, 0.05) is 24.2 Å². The van der Waals surface area contributed by atoms with Crippen molar-refractivity contribution in [3.05, 3.63) is 45.4 Å². The molecule has 2 N–H and O–H groups in total. The molecule has 114 valence electrons. The van der Waals surface area contributed by atoms with Crippen LogP contribution in [0.25, 0.3) is 0 Å². The third kappa shape index (κ3) is 3.54. The van der Waals surface area contributed by atoms with Gasteiger partial charge in [-0.1, -0.05) is 6.07 Å². The summed E-state index contributed by atoms with van der Waals surface area (Å²) in [7, 11) is 1.76. The van der Waals surface area contributed by atoms with Crippen molar-refractivity contribution in [1.82, 2.24) is 4.98 Å². The Morgan fingerprint density at radius 1 is 1.33 bits per heavy atom. The molecule has 0 aliphatic heterocycles. The van der Waals surface area contributed by atoms with Crippen molar-refractivity contribution in [1.29, 1.82) is 0 Å². The molecule has 0 fully saturated rings. The van der Waals surface area contributed by atoms with Crippen LogP contribution in [0.15, 0.2) is 23.7 Å². The molecule has 0 saturated heterocycles. The van der Waals surface area contributed by atoms with Crippen molar-refractivity contribution >= 4 is 17.0 Å². The van der Waals surface area contributed by atoms with Crippen LogP contribution in [0.5, 0.6) is 0 Å². The normalized spacial score (nSPS) is 11.7. The SMILES string of the molecule is Cc1ncsc1CN(C)c1ccc(CN)c(C(F)(F)F)c1. The second kappa shape index (κ2) is 6.03. The lowest BCUT2D eigenvalue weighted by atomic mass is 10.1. The fourth-order valence-corrected chi connectivity index (χ4v) is 2.86. The van der Waals surface area contributed by atoms with Gasteiger partial charge in [0.05, 0.1) is 23.3 Å². The first kappa shape index (κ1) is 15.8. The van der Waals surface area contributed by atoms with E-state index in [1.165, 1.54) is 17.4 Å². The van der Waals surface area contributed by atoms with Gasteiger partial charge in [-0.3, -0.25) is 0 Å². The molecule has 0 saturated carbocycles. The number of nitrogens with two attached hydrogens (primary N) is 1. The minimum absolute atomic E-state index is 0.105. The summed E-state index contributed by atoms with van der Waals surface area (Å²) < 4.78 is 39.1. The lowest BCUT2D eigenvalue weighted by Crippen LogP contribution is -2.18. The molecule has 0 amide bonds. The second-order valence-corrected chi connectivity index (χ2v) is 5.70. The van der Waals surface area contributed by atoms with Crippen molar-refractivity contribution in [2.45, 2.75) is 26.2 Å². The van der Waals surface area contributed by atoms with Gasteiger partial charge in [0.25, 0.3) is 0 Å². The summed E-state index contributed by atoms with van der Waals surface area (Å²) in [4.78, 5) is 6.95. The first-order valence-electron chi connectivity index (χ1n) is 6.33. The van der Waals surface area contributed by atoms with E-state index in [1.54, 1.807) is 23.5 Å². The molecular formula is C14H16F3N3S. The van der Waals surface area contributed by atoms with Gasteiger partial charge in [-0.15, -0.1) is 11.3 Å². The minimum Gasteiger partial charge on any atom is -0.369 e. The molecule has 0 aliphatic carbocycles. The van der Waals surface area contributed by atoms with Gasteiger partial charge >= 0.3 is 6.18 Å². The lowest BCUT2D eigenvalue weighted by Gasteiger charge is -2.21. The van der Waals surface area contributed by atoms with E-state index in [-0.39, 0.29) is 12.1 Å². The summed E-state index contributed by atoms with van der Waals surface area (Å²) in [6, 6.07) is 4.25. The summed E-state index contributed by atoms with van der Waals surface area (Å²) in [5.74, 6) is 0. The summed E-state index contributed by atoms with van der Waals surface area (Å²) in [5.41, 5.74) is 7.96. The van der Waals surface area contributed by atoms with Crippen LogP contribution in [-0.2, 0) is 19.3 Å². The topological polar surface area (TPSA) is 42.2 Å². The van der Waals surface area contributed by atoms with Crippen molar-refractivity contribution in [2.24, 2.45) is 5.73 Å². The second-order valence-electron chi connectivity index (χ2n) is 4.76. The fourth-order valence-electron chi connectivity index (χ4n) is 2.03. The fraction of sp³-hybridized carbons (Fsp3) is 0.357. The molecule has 2 aromatic rings. The number of rotatable bonds is 4. The Balaban J connectivity index is 2.30. The van der Waals surface area contributed by atoms with Gasteiger partial charge in [0.15, 0.2) is 0 Å². The van der Waals surface area contributed by atoms with Crippen molar-refractivity contribution in [3.8, 4) is 0 Å².